The van der Waals surface area contributed by atoms with Gasteiger partial charge >= 0.3 is 0 Å². The third-order valence-electron chi connectivity index (χ3n) is 3.92. The maximum Gasteiger partial charge on any atom is 0.244 e. The molecule has 5 nitrogen and oxygen atoms in total. The summed E-state index contributed by atoms with van der Waals surface area (Å²) in [4.78, 5) is 29.1. The molecule has 0 bridgehead atoms. The van der Waals surface area contributed by atoms with Crippen molar-refractivity contribution >= 4 is 40.7 Å². The van der Waals surface area contributed by atoms with Gasteiger partial charge in [-0.15, -0.1) is 11.3 Å². The van der Waals surface area contributed by atoms with Gasteiger partial charge in [0.15, 0.2) is 5.78 Å². The predicted molar refractivity (Wildman–Crippen MR) is 117 cm³/mol. The first kappa shape index (κ1) is 20.8. The van der Waals surface area contributed by atoms with E-state index in [4.69, 9.17) is 16.3 Å². The van der Waals surface area contributed by atoms with E-state index in [0.717, 1.165) is 10.4 Å². The number of amides is 1. The molecule has 0 fully saturated rings. The molecule has 0 aliphatic heterocycles. The van der Waals surface area contributed by atoms with E-state index in [2.05, 4.69) is 10.3 Å². The quantitative estimate of drug-likeness (QED) is 0.317. The zero-order valence-corrected chi connectivity index (χ0v) is 17.3. The van der Waals surface area contributed by atoms with Crippen molar-refractivity contribution in [2.24, 2.45) is 0 Å². The predicted octanol–water partition coefficient (Wildman–Crippen LogP) is 4.87. The molecular formula is C22H19ClN2O3S. The summed E-state index contributed by atoms with van der Waals surface area (Å²) in [7, 11) is 0. The molecule has 0 atom stereocenters. The summed E-state index contributed by atoms with van der Waals surface area (Å²) in [5, 5.41) is 3.22. The van der Waals surface area contributed by atoms with Crippen LogP contribution in [0.5, 0.6) is 5.75 Å². The molecular weight excluding hydrogens is 408 g/mol. The molecule has 0 saturated heterocycles. The number of halogens is 1. The molecule has 0 radical (unpaired) electrons. The van der Waals surface area contributed by atoms with Crippen molar-refractivity contribution in [3.05, 3.63) is 76.4 Å². The summed E-state index contributed by atoms with van der Waals surface area (Å²) in [6.07, 6.45) is 4.75. The Balaban J connectivity index is 1.48. The molecule has 2 heterocycles. The largest absolute Gasteiger partial charge is 0.490 e. The number of Topliss-reactive ketones (excluding diaryl/α,β-unsaturated/α-hetero) is 1. The topological polar surface area (TPSA) is 68.3 Å². The lowest BCUT2D eigenvalue weighted by atomic mass is 10.2. The summed E-state index contributed by atoms with van der Waals surface area (Å²) in [5.41, 5.74) is 1.64. The molecule has 0 aliphatic carbocycles. The van der Waals surface area contributed by atoms with Gasteiger partial charge in [0, 0.05) is 17.2 Å². The minimum absolute atomic E-state index is 0.0456. The Labute approximate surface area is 178 Å². The minimum Gasteiger partial charge on any atom is -0.490 e. The molecule has 1 aromatic carbocycles. The highest BCUT2D eigenvalue weighted by Crippen LogP contribution is 2.34. The molecule has 0 saturated carbocycles. The van der Waals surface area contributed by atoms with Crippen LogP contribution in [0.3, 0.4) is 0 Å². The number of ketones is 1. The molecule has 148 valence electrons. The third kappa shape index (κ3) is 6.01. The summed E-state index contributed by atoms with van der Waals surface area (Å²) in [5.74, 6) is 0.362. The first-order chi connectivity index (χ1) is 14.0. The van der Waals surface area contributed by atoms with Crippen LogP contribution in [0.25, 0.3) is 16.5 Å². The minimum atomic E-state index is -0.223. The Morgan fingerprint density at radius 1 is 1.21 bits per heavy atom. The Kier molecular flexibility index (Phi) is 7.16. The number of hydrogen-bond acceptors (Lipinski definition) is 5. The molecule has 0 spiro atoms. The van der Waals surface area contributed by atoms with Crippen LogP contribution in [-0.4, -0.2) is 29.8 Å². The van der Waals surface area contributed by atoms with Gasteiger partial charge in [0.25, 0.3) is 0 Å². The second-order valence-corrected chi connectivity index (χ2v) is 7.58. The van der Waals surface area contributed by atoms with Crippen LogP contribution >= 0.6 is 22.9 Å². The summed E-state index contributed by atoms with van der Waals surface area (Å²) in [6.45, 7) is 2.18. The molecule has 2 aromatic heterocycles. The molecule has 0 unspecified atom stereocenters. The highest BCUT2D eigenvalue weighted by molar-refractivity contribution is 7.17. The van der Waals surface area contributed by atoms with Crippen LogP contribution in [0.15, 0.2) is 60.8 Å². The molecule has 29 heavy (non-hydrogen) atoms. The lowest BCUT2D eigenvalue weighted by Crippen LogP contribution is -2.26. The maximum absolute atomic E-state index is 11.8. The van der Waals surface area contributed by atoms with E-state index in [-0.39, 0.29) is 18.3 Å². The standard InChI is InChI=1S/C22H19ClN2O3S/c1-15(26)20-8-9-21(29-20)16-5-7-19(18(23)14-16)28-13-12-25-22(27)10-6-17-4-2-3-11-24-17/h2-11,14H,12-13H2,1H3,(H,25,27)/b10-6+. The van der Waals surface area contributed by atoms with Gasteiger partial charge in [0.05, 0.1) is 22.1 Å². The lowest BCUT2D eigenvalue weighted by Gasteiger charge is -2.09. The van der Waals surface area contributed by atoms with Crippen molar-refractivity contribution in [3.8, 4) is 16.2 Å². The van der Waals surface area contributed by atoms with Crippen molar-refractivity contribution in [1.29, 1.82) is 0 Å². The SMILES string of the molecule is CC(=O)c1ccc(-c2ccc(OCCNC(=O)/C=C/c3ccccn3)c(Cl)c2)s1. The number of thiophene rings is 1. The smallest absolute Gasteiger partial charge is 0.244 e. The maximum atomic E-state index is 11.8. The van der Waals surface area contributed by atoms with E-state index in [1.165, 1.54) is 17.4 Å². The number of benzene rings is 1. The number of carbonyl (C=O) groups excluding carboxylic acids is 2. The molecule has 0 aliphatic rings. The van der Waals surface area contributed by atoms with E-state index in [0.29, 0.717) is 27.9 Å². The van der Waals surface area contributed by atoms with Crippen LogP contribution in [0.1, 0.15) is 22.3 Å². The highest BCUT2D eigenvalue weighted by atomic mass is 35.5. The molecule has 3 aromatic rings. The van der Waals surface area contributed by atoms with Gasteiger partial charge in [-0.25, -0.2) is 0 Å². The fourth-order valence-electron chi connectivity index (χ4n) is 2.48. The summed E-state index contributed by atoms with van der Waals surface area (Å²) in [6, 6.07) is 14.7. The second kappa shape index (κ2) is 10.0. The van der Waals surface area contributed by atoms with Gasteiger partial charge in [-0.2, -0.15) is 0 Å². The monoisotopic (exact) mass is 426 g/mol. The van der Waals surface area contributed by atoms with E-state index in [9.17, 15) is 9.59 Å². The first-order valence-corrected chi connectivity index (χ1v) is 10.1. The molecule has 3 rings (SSSR count). The lowest BCUT2D eigenvalue weighted by molar-refractivity contribution is -0.116. The number of nitrogens with zero attached hydrogens (tertiary/aromatic N) is 1. The first-order valence-electron chi connectivity index (χ1n) is 8.93. The van der Waals surface area contributed by atoms with E-state index in [1.807, 2.05) is 36.4 Å². The van der Waals surface area contributed by atoms with Gasteiger partial charge in [0.1, 0.15) is 12.4 Å². The highest BCUT2D eigenvalue weighted by Gasteiger charge is 2.09. The third-order valence-corrected chi connectivity index (χ3v) is 5.45. The van der Waals surface area contributed by atoms with Crippen molar-refractivity contribution in [2.75, 3.05) is 13.2 Å². The number of ether oxygens (including phenoxy) is 1. The fourth-order valence-corrected chi connectivity index (χ4v) is 3.62. The van der Waals surface area contributed by atoms with Crippen molar-refractivity contribution < 1.29 is 14.3 Å². The zero-order valence-electron chi connectivity index (χ0n) is 15.7. The van der Waals surface area contributed by atoms with E-state index in [1.54, 1.807) is 31.3 Å². The van der Waals surface area contributed by atoms with E-state index >= 15 is 0 Å². The number of nitrogens with one attached hydrogen (secondary N) is 1. The van der Waals surface area contributed by atoms with Crippen LogP contribution < -0.4 is 10.1 Å². The average molecular weight is 427 g/mol. The Bertz CT molecular complexity index is 1030. The number of rotatable bonds is 8. The van der Waals surface area contributed by atoms with Crippen LogP contribution in [0.2, 0.25) is 5.02 Å². The normalized spacial score (nSPS) is 10.8. The Morgan fingerprint density at radius 2 is 2.07 bits per heavy atom. The van der Waals surface area contributed by atoms with Gasteiger partial charge in [0.2, 0.25) is 5.91 Å². The number of pyridine rings is 1. The summed E-state index contributed by atoms with van der Waals surface area (Å²) < 4.78 is 5.65. The van der Waals surface area contributed by atoms with Crippen molar-refractivity contribution in [3.63, 3.8) is 0 Å². The zero-order chi connectivity index (χ0) is 20.6. The molecule has 7 heteroatoms. The van der Waals surface area contributed by atoms with Crippen LogP contribution in [-0.2, 0) is 4.79 Å². The van der Waals surface area contributed by atoms with Crippen LogP contribution in [0, 0.1) is 0 Å². The van der Waals surface area contributed by atoms with Crippen molar-refractivity contribution in [1.82, 2.24) is 10.3 Å². The van der Waals surface area contributed by atoms with Gasteiger partial charge in [-0.3, -0.25) is 14.6 Å². The Morgan fingerprint density at radius 3 is 2.76 bits per heavy atom. The molecule has 1 amide bonds. The van der Waals surface area contributed by atoms with Crippen molar-refractivity contribution in [2.45, 2.75) is 6.92 Å². The van der Waals surface area contributed by atoms with Gasteiger partial charge < -0.3 is 10.1 Å². The molecule has 1 N–H and O–H groups in total. The number of hydrogen-bond donors (Lipinski definition) is 1. The second-order valence-electron chi connectivity index (χ2n) is 6.09. The number of aromatic nitrogens is 1. The Hall–Kier alpha value is -2.96. The van der Waals surface area contributed by atoms with E-state index < -0.39 is 0 Å². The summed E-state index contributed by atoms with van der Waals surface area (Å²) >= 11 is 7.74. The number of carbonyl (C=O) groups is 2. The van der Waals surface area contributed by atoms with Gasteiger partial charge in [-0.1, -0.05) is 17.7 Å². The average Bonchev–Trinajstić information content (AvgIpc) is 3.22. The fraction of sp³-hybridized carbons (Fsp3) is 0.136. The van der Waals surface area contributed by atoms with Crippen LogP contribution in [0.4, 0.5) is 0 Å². The van der Waals surface area contributed by atoms with Gasteiger partial charge in [-0.05, 0) is 61.0 Å².